The van der Waals surface area contributed by atoms with Crippen molar-refractivity contribution in [3.63, 3.8) is 0 Å². The van der Waals surface area contributed by atoms with E-state index in [1.807, 2.05) is 0 Å². The molecule has 0 aromatic heterocycles. The number of rotatable bonds is 4. The van der Waals surface area contributed by atoms with Gasteiger partial charge in [-0.1, -0.05) is 6.42 Å². The molecule has 2 aliphatic rings. The van der Waals surface area contributed by atoms with Gasteiger partial charge in [-0.3, -0.25) is 0 Å². The number of hydrogen-bond acceptors (Lipinski definition) is 5. The summed E-state index contributed by atoms with van der Waals surface area (Å²) in [6, 6.07) is -0.0714. The molecular weight excluding hydrogens is 298 g/mol. The molecule has 0 radical (unpaired) electrons. The zero-order chi connectivity index (χ0) is 15.0. The highest BCUT2D eigenvalue weighted by Gasteiger charge is 2.35. The molecule has 0 bridgehead atoms. The lowest BCUT2D eigenvalue weighted by Crippen LogP contribution is -2.38. The highest BCUT2D eigenvalue weighted by molar-refractivity contribution is 7.91. The summed E-state index contributed by atoms with van der Waals surface area (Å²) in [6.07, 6.45) is 5.96. The van der Waals surface area contributed by atoms with E-state index in [0.29, 0.717) is 19.3 Å². The summed E-state index contributed by atoms with van der Waals surface area (Å²) in [5.41, 5.74) is 6.23. The molecule has 5 nitrogen and oxygen atoms in total. The standard InChI is InChI=1S/C13H25NO4S2/c1-19(15,16)12-4-2-3-11(8-12)13(14)7-10-5-6-20(17,18)9-10/h10-13H,2-9,14H2,1H3. The molecule has 4 unspecified atom stereocenters. The van der Waals surface area contributed by atoms with E-state index in [2.05, 4.69) is 0 Å². The zero-order valence-electron chi connectivity index (χ0n) is 12.0. The van der Waals surface area contributed by atoms with Crippen molar-refractivity contribution >= 4 is 19.7 Å². The van der Waals surface area contributed by atoms with Gasteiger partial charge in [0.1, 0.15) is 9.84 Å². The fourth-order valence-electron chi connectivity index (χ4n) is 3.59. The SMILES string of the molecule is CS(=O)(=O)C1CCCC(C(N)CC2CCS(=O)(=O)C2)C1. The van der Waals surface area contributed by atoms with Crippen LogP contribution in [0, 0.1) is 11.8 Å². The van der Waals surface area contributed by atoms with Crippen LogP contribution in [-0.4, -0.2) is 45.9 Å². The Morgan fingerprint density at radius 1 is 1.25 bits per heavy atom. The second-order valence-corrected chi connectivity index (χ2v) is 11.1. The Balaban J connectivity index is 1.91. The molecule has 1 heterocycles. The van der Waals surface area contributed by atoms with Gasteiger partial charge in [0.05, 0.1) is 16.8 Å². The van der Waals surface area contributed by atoms with Crippen LogP contribution in [-0.2, 0) is 19.7 Å². The van der Waals surface area contributed by atoms with Crippen LogP contribution in [0.5, 0.6) is 0 Å². The largest absolute Gasteiger partial charge is 0.327 e. The molecule has 0 spiro atoms. The van der Waals surface area contributed by atoms with Gasteiger partial charge in [-0.25, -0.2) is 16.8 Å². The predicted octanol–water partition coefficient (Wildman–Crippen LogP) is 0.742. The quantitative estimate of drug-likeness (QED) is 0.823. The summed E-state index contributed by atoms with van der Waals surface area (Å²) < 4.78 is 46.3. The minimum absolute atomic E-state index is 0.0714. The molecule has 4 atom stereocenters. The Hall–Kier alpha value is -0.140. The Morgan fingerprint density at radius 2 is 1.95 bits per heavy atom. The summed E-state index contributed by atoms with van der Waals surface area (Å²) in [7, 11) is -5.85. The van der Waals surface area contributed by atoms with E-state index >= 15 is 0 Å². The van der Waals surface area contributed by atoms with Gasteiger partial charge >= 0.3 is 0 Å². The van der Waals surface area contributed by atoms with E-state index in [1.165, 1.54) is 6.26 Å². The molecule has 1 aliphatic carbocycles. The zero-order valence-corrected chi connectivity index (χ0v) is 13.6. The highest BCUT2D eigenvalue weighted by atomic mass is 32.2. The molecule has 0 amide bonds. The van der Waals surface area contributed by atoms with Crippen LogP contribution >= 0.6 is 0 Å². The first kappa shape index (κ1) is 16.2. The average molecular weight is 323 g/mol. The fraction of sp³-hybridized carbons (Fsp3) is 1.00. The van der Waals surface area contributed by atoms with E-state index < -0.39 is 19.7 Å². The molecular formula is C13H25NO4S2. The number of sulfone groups is 2. The third-order valence-corrected chi connectivity index (χ3v) is 8.29. The second kappa shape index (κ2) is 5.93. The van der Waals surface area contributed by atoms with Crippen LogP contribution in [0.25, 0.3) is 0 Å². The molecule has 7 heteroatoms. The summed E-state index contributed by atoms with van der Waals surface area (Å²) in [5, 5.41) is -0.264. The van der Waals surface area contributed by atoms with Crippen LogP contribution in [0.1, 0.15) is 38.5 Å². The van der Waals surface area contributed by atoms with E-state index in [1.54, 1.807) is 0 Å². The summed E-state index contributed by atoms with van der Waals surface area (Å²) >= 11 is 0. The molecule has 0 aromatic rings. The molecule has 20 heavy (non-hydrogen) atoms. The second-order valence-electron chi connectivity index (χ2n) is 6.55. The Bertz CT molecular complexity index is 541. The first-order chi connectivity index (χ1) is 9.17. The first-order valence-corrected chi connectivity index (χ1v) is 11.1. The maximum Gasteiger partial charge on any atom is 0.150 e. The van der Waals surface area contributed by atoms with Gasteiger partial charge < -0.3 is 5.73 Å². The molecule has 1 saturated carbocycles. The van der Waals surface area contributed by atoms with E-state index in [4.69, 9.17) is 5.73 Å². The van der Waals surface area contributed by atoms with Crippen molar-refractivity contribution in [2.24, 2.45) is 17.6 Å². The third-order valence-electron chi connectivity index (χ3n) is 4.81. The summed E-state index contributed by atoms with van der Waals surface area (Å²) in [6.45, 7) is 0. The van der Waals surface area contributed by atoms with Crippen molar-refractivity contribution in [3.05, 3.63) is 0 Å². The Morgan fingerprint density at radius 3 is 2.50 bits per heavy atom. The third kappa shape index (κ3) is 4.18. The van der Waals surface area contributed by atoms with Gasteiger partial charge in [0, 0.05) is 12.3 Å². The summed E-state index contributed by atoms with van der Waals surface area (Å²) in [5.74, 6) is 0.907. The maximum atomic E-state index is 11.7. The van der Waals surface area contributed by atoms with Crippen molar-refractivity contribution in [1.82, 2.24) is 0 Å². The summed E-state index contributed by atoms with van der Waals surface area (Å²) in [4.78, 5) is 0. The molecule has 2 N–H and O–H groups in total. The maximum absolute atomic E-state index is 11.7. The normalized spacial score (nSPS) is 35.8. The van der Waals surface area contributed by atoms with Crippen molar-refractivity contribution in [2.75, 3.05) is 17.8 Å². The van der Waals surface area contributed by atoms with Crippen LogP contribution < -0.4 is 5.73 Å². The molecule has 2 fully saturated rings. The minimum atomic E-state index is -2.99. The van der Waals surface area contributed by atoms with Gasteiger partial charge in [0.2, 0.25) is 0 Å². The lowest BCUT2D eigenvalue weighted by atomic mass is 9.80. The van der Waals surface area contributed by atoms with E-state index in [0.717, 1.165) is 19.3 Å². The van der Waals surface area contributed by atoms with Gasteiger partial charge in [0.25, 0.3) is 0 Å². The number of nitrogens with two attached hydrogens (primary N) is 1. The first-order valence-electron chi connectivity index (χ1n) is 7.32. The highest BCUT2D eigenvalue weighted by Crippen LogP contribution is 2.33. The average Bonchev–Trinajstić information content (AvgIpc) is 2.68. The Kier molecular flexibility index (Phi) is 4.81. The van der Waals surface area contributed by atoms with E-state index in [9.17, 15) is 16.8 Å². The molecule has 0 aromatic carbocycles. The van der Waals surface area contributed by atoms with Crippen LogP contribution in [0.4, 0.5) is 0 Å². The fourth-order valence-corrected chi connectivity index (χ4v) is 6.67. The van der Waals surface area contributed by atoms with Gasteiger partial charge in [0.15, 0.2) is 9.84 Å². The van der Waals surface area contributed by atoms with Crippen LogP contribution in [0.2, 0.25) is 0 Å². The van der Waals surface area contributed by atoms with Gasteiger partial charge in [-0.2, -0.15) is 0 Å². The number of hydrogen-bond donors (Lipinski definition) is 1. The topological polar surface area (TPSA) is 94.3 Å². The molecule has 1 aliphatic heterocycles. The van der Waals surface area contributed by atoms with Crippen molar-refractivity contribution in [1.29, 1.82) is 0 Å². The monoisotopic (exact) mass is 323 g/mol. The molecule has 1 saturated heterocycles. The van der Waals surface area contributed by atoms with Crippen molar-refractivity contribution < 1.29 is 16.8 Å². The Labute approximate surface area is 122 Å². The van der Waals surface area contributed by atoms with Crippen LogP contribution in [0.3, 0.4) is 0 Å². The van der Waals surface area contributed by atoms with Crippen LogP contribution in [0.15, 0.2) is 0 Å². The predicted molar refractivity (Wildman–Crippen MR) is 79.9 cm³/mol. The smallest absolute Gasteiger partial charge is 0.150 e. The van der Waals surface area contributed by atoms with Gasteiger partial charge in [-0.05, 0) is 43.9 Å². The van der Waals surface area contributed by atoms with Crippen molar-refractivity contribution in [3.8, 4) is 0 Å². The lowest BCUT2D eigenvalue weighted by Gasteiger charge is -2.33. The van der Waals surface area contributed by atoms with Gasteiger partial charge in [-0.15, -0.1) is 0 Å². The molecule has 118 valence electrons. The van der Waals surface area contributed by atoms with Crippen molar-refractivity contribution in [2.45, 2.75) is 49.8 Å². The van der Waals surface area contributed by atoms with E-state index in [-0.39, 0.29) is 34.6 Å². The lowest BCUT2D eigenvalue weighted by molar-refractivity contribution is 0.276. The minimum Gasteiger partial charge on any atom is -0.327 e. The molecule has 2 rings (SSSR count).